The van der Waals surface area contributed by atoms with Crippen LogP contribution in [0.25, 0.3) is 0 Å². The van der Waals surface area contributed by atoms with Crippen molar-refractivity contribution >= 4 is 0 Å². The minimum atomic E-state index is 0.533. The summed E-state index contributed by atoms with van der Waals surface area (Å²) in [6.07, 6.45) is 9.62. The summed E-state index contributed by atoms with van der Waals surface area (Å²) in [6, 6.07) is 9.43. The van der Waals surface area contributed by atoms with E-state index in [4.69, 9.17) is 4.74 Å². The lowest BCUT2D eigenvalue weighted by Crippen LogP contribution is -2.33. The molecule has 2 unspecified atom stereocenters. The van der Waals surface area contributed by atoms with Gasteiger partial charge in [0, 0.05) is 31.0 Å². The highest BCUT2D eigenvalue weighted by Gasteiger charge is 2.27. The highest BCUT2D eigenvalue weighted by Crippen LogP contribution is 2.30. The third-order valence-corrected chi connectivity index (χ3v) is 4.19. The number of nitrogens with zero attached hydrogens (tertiary/aromatic N) is 2. The zero-order valence-corrected chi connectivity index (χ0v) is 12.5. The first kappa shape index (κ1) is 14.1. The van der Waals surface area contributed by atoms with E-state index in [0.717, 1.165) is 12.3 Å². The smallest absolute Gasteiger partial charge is 0.119 e. The second-order valence-electron chi connectivity index (χ2n) is 5.57. The summed E-state index contributed by atoms with van der Waals surface area (Å²) in [4.78, 5) is 4.17. The highest BCUT2D eigenvalue weighted by atomic mass is 16.5. The van der Waals surface area contributed by atoms with Gasteiger partial charge in [-0.1, -0.05) is 12.1 Å². The van der Waals surface area contributed by atoms with Gasteiger partial charge in [0.2, 0.25) is 0 Å². The van der Waals surface area contributed by atoms with E-state index in [2.05, 4.69) is 33.2 Å². The number of benzene rings is 1. The van der Waals surface area contributed by atoms with Gasteiger partial charge < -0.3 is 14.6 Å². The molecule has 1 heterocycles. The molecule has 4 heteroatoms. The fourth-order valence-electron chi connectivity index (χ4n) is 3.12. The molecule has 2 atom stereocenters. The Hall–Kier alpha value is -1.81. The highest BCUT2D eigenvalue weighted by molar-refractivity contribution is 5.27. The zero-order chi connectivity index (χ0) is 14.5. The number of rotatable bonds is 6. The minimum Gasteiger partial charge on any atom is -0.494 e. The number of aromatic nitrogens is 2. The molecular formula is C17H23N3O. The van der Waals surface area contributed by atoms with E-state index in [-0.39, 0.29) is 0 Å². The normalized spacial score (nSPS) is 21.6. The average Bonchev–Trinajstić information content (AvgIpc) is 3.18. The van der Waals surface area contributed by atoms with Gasteiger partial charge in [0.05, 0.1) is 12.9 Å². The molecule has 1 saturated carbocycles. The second-order valence-corrected chi connectivity index (χ2v) is 5.57. The molecule has 0 bridgehead atoms. The van der Waals surface area contributed by atoms with Crippen molar-refractivity contribution in [1.82, 2.24) is 14.9 Å². The molecular weight excluding hydrogens is 262 g/mol. The summed E-state index contributed by atoms with van der Waals surface area (Å²) in [7, 11) is 0. The Morgan fingerprint density at radius 2 is 2.14 bits per heavy atom. The van der Waals surface area contributed by atoms with Crippen molar-refractivity contribution < 1.29 is 4.74 Å². The second kappa shape index (κ2) is 6.76. The molecule has 0 aliphatic heterocycles. The molecule has 2 aromatic rings. The van der Waals surface area contributed by atoms with Gasteiger partial charge in [-0.15, -0.1) is 0 Å². The Balaban J connectivity index is 1.56. The van der Waals surface area contributed by atoms with Crippen LogP contribution in [0.1, 0.15) is 37.8 Å². The quantitative estimate of drug-likeness (QED) is 0.886. The molecule has 1 aliphatic rings. The third-order valence-electron chi connectivity index (χ3n) is 4.19. The molecule has 0 amide bonds. The summed E-state index contributed by atoms with van der Waals surface area (Å²) in [5, 5.41) is 3.70. The van der Waals surface area contributed by atoms with Crippen LogP contribution in [0, 0.1) is 0 Å². The molecule has 3 rings (SSSR count). The van der Waals surface area contributed by atoms with Crippen LogP contribution in [-0.2, 0) is 6.54 Å². The van der Waals surface area contributed by atoms with E-state index in [9.17, 15) is 0 Å². The van der Waals surface area contributed by atoms with Gasteiger partial charge in [-0.05, 0) is 43.9 Å². The Kier molecular flexibility index (Phi) is 4.55. The SMILES string of the molecule is CCOc1ccc(CNC2CCCC2n2ccnc2)cc1. The Labute approximate surface area is 126 Å². The number of imidazole rings is 1. The Morgan fingerprint density at radius 1 is 1.29 bits per heavy atom. The van der Waals surface area contributed by atoms with Gasteiger partial charge in [0.1, 0.15) is 5.75 Å². The van der Waals surface area contributed by atoms with Crippen LogP contribution in [-0.4, -0.2) is 22.2 Å². The monoisotopic (exact) mass is 285 g/mol. The maximum absolute atomic E-state index is 5.47. The van der Waals surface area contributed by atoms with Gasteiger partial charge in [-0.2, -0.15) is 0 Å². The summed E-state index contributed by atoms with van der Waals surface area (Å²) in [6.45, 7) is 3.63. The molecule has 21 heavy (non-hydrogen) atoms. The predicted octanol–water partition coefficient (Wildman–Crippen LogP) is 3.17. The van der Waals surface area contributed by atoms with E-state index in [1.165, 1.54) is 24.8 Å². The average molecular weight is 285 g/mol. The van der Waals surface area contributed by atoms with Gasteiger partial charge in [-0.25, -0.2) is 4.98 Å². The van der Waals surface area contributed by atoms with Crippen LogP contribution in [0.2, 0.25) is 0 Å². The summed E-state index contributed by atoms with van der Waals surface area (Å²) in [5.74, 6) is 0.943. The molecule has 112 valence electrons. The van der Waals surface area contributed by atoms with Crippen molar-refractivity contribution in [3.63, 3.8) is 0 Å². The van der Waals surface area contributed by atoms with E-state index < -0.39 is 0 Å². The van der Waals surface area contributed by atoms with Crippen LogP contribution >= 0.6 is 0 Å². The van der Waals surface area contributed by atoms with Crippen molar-refractivity contribution in [3.8, 4) is 5.75 Å². The molecule has 1 aliphatic carbocycles. The number of hydrogen-bond donors (Lipinski definition) is 1. The first-order valence-corrected chi connectivity index (χ1v) is 7.79. The summed E-state index contributed by atoms with van der Waals surface area (Å²) in [5.41, 5.74) is 1.30. The molecule has 4 nitrogen and oxygen atoms in total. The van der Waals surface area contributed by atoms with Crippen molar-refractivity contribution in [2.24, 2.45) is 0 Å². The molecule has 0 saturated heterocycles. The van der Waals surface area contributed by atoms with Gasteiger partial charge in [0.15, 0.2) is 0 Å². The van der Waals surface area contributed by atoms with Crippen molar-refractivity contribution in [2.45, 2.75) is 44.8 Å². The van der Waals surface area contributed by atoms with Crippen LogP contribution in [0.4, 0.5) is 0 Å². The standard InChI is InChI=1S/C17H23N3O/c1-2-21-15-8-6-14(7-9-15)12-19-16-4-3-5-17(16)20-11-10-18-13-20/h6-11,13,16-17,19H,2-5,12H2,1H3. The molecule has 1 N–H and O–H groups in total. The summed E-state index contributed by atoms with van der Waals surface area (Å²) >= 11 is 0. The molecule has 0 radical (unpaired) electrons. The van der Waals surface area contributed by atoms with Crippen LogP contribution in [0.15, 0.2) is 43.0 Å². The van der Waals surface area contributed by atoms with Crippen LogP contribution in [0.5, 0.6) is 5.75 Å². The van der Waals surface area contributed by atoms with E-state index in [1.807, 2.05) is 31.6 Å². The van der Waals surface area contributed by atoms with Crippen LogP contribution in [0.3, 0.4) is 0 Å². The number of ether oxygens (including phenoxy) is 1. The first-order chi connectivity index (χ1) is 10.4. The van der Waals surface area contributed by atoms with Crippen molar-refractivity contribution in [2.75, 3.05) is 6.61 Å². The fraction of sp³-hybridized carbons (Fsp3) is 0.471. The lowest BCUT2D eigenvalue weighted by Gasteiger charge is -2.22. The topological polar surface area (TPSA) is 39.1 Å². The minimum absolute atomic E-state index is 0.533. The van der Waals surface area contributed by atoms with E-state index in [0.29, 0.717) is 18.7 Å². The first-order valence-electron chi connectivity index (χ1n) is 7.79. The maximum atomic E-state index is 5.47. The number of nitrogens with one attached hydrogen (secondary N) is 1. The predicted molar refractivity (Wildman–Crippen MR) is 83.4 cm³/mol. The van der Waals surface area contributed by atoms with Crippen LogP contribution < -0.4 is 10.1 Å². The number of hydrogen-bond acceptors (Lipinski definition) is 3. The lowest BCUT2D eigenvalue weighted by atomic mass is 10.1. The van der Waals surface area contributed by atoms with Gasteiger partial charge in [-0.3, -0.25) is 0 Å². The zero-order valence-electron chi connectivity index (χ0n) is 12.5. The fourth-order valence-corrected chi connectivity index (χ4v) is 3.12. The molecule has 1 fully saturated rings. The third kappa shape index (κ3) is 3.45. The molecule has 1 aromatic carbocycles. The molecule has 0 spiro atoms. The molecule has 1 aromatic heterocycles. The Bertz CT molecular complexity index is 536. The van der Waals surface area contributed by atoms with Crippen molar-refractivity contribution in [1.29, 1.82) is 0 Å². The lowest BCUT2D eigenvalue weighted by molar-refractivity contribution is 0.340. The van der Waals surface area contributed by atoms with Gasteiger partial charge in [0.25, 0.3) is 0 Å². The van der Waals surface area contributed by atoms with Crippen molar-refractivity contribution in [3.05, 3.63) is 48.5 Å². The maximum Gasteiger partial charge on any atom is 0.119 e. The van der Waals surface area contributed by atoms with E-state index in [1.54, 1.807) is 0 Å². The largest absolute Gasteiger partial charge is 0.494 e. The Morgan fingerprint density at radius 3 is 2.86 bits per heavy atom. The summed E-state index contributed by atoms with van der Waals surface area (Å²) < 4.78 is 7.71. The van der Waals surface area contributed by atoms with E-state index >= 15 is 0 Å². The van der Waals surface area contributed by atoms with Gasteiger partial charge >= 0.3 is 0 Å².